The van der Waals surface area contributed by atoms with Crippen LogP contribution in [0.25, 0.3) is 5.76 Å². The van der Waals surface area contributed by atoms with Crippen LogP contribution in [0.4, 0.5) is 4.39 Å². The summed E-state index contributed by atoms with van der Waals surface area (Å²) in [5.74, 6) is -1.24. The number of hydrogen-bond donors (Lipinski definition) is 1. The first-order valence-electron chi connectivity index (χ1n) is 6.18. The molecular weight excluding hydrogens is 283 g/mol. The summed E-state index contributed by atoms with van der Waals surface area (Å²) >= 11 is 5.91. The van der Waals surface area contributed by atoms with Gasteiger partial charge in [0.05, 0.1) is 5.02 Å². The molecule has 0 fully saturated rings. The summed E-state index contributed by atoms with van der Waals surface area (Å²) in [7, 11) is 0. The van der Waals surface area contributed by atoms with E-state index in [1.807, 2.05) is 0 Å². The number of aliphatic hydroxyl groups excluding tert-OH is 1. The van der Waals surface area contributed by atoms with Crippen molar-refractivity contribution in [1.82, 2.24) is 0 Å². The Labute approximate surface area is 123 Å². The maximum absolute atomic E-state index is 13.8. The number of benzene rings is 1. The van der Waals surface area contributed by atoms with Gasteiger partial charge in [-0.15, -0.1) is 0 Å². The summed E-state index contributed by atoms with van der Waals surface area (Å²) in [6.07, 6.45) is 0.239. The van der Waals surface area contributed by atoms with Crippen LogP contribution in [-0.4, -0.2) is 16.7 Å². The zero-order valence-electron chi connectivity index (χ0n) is 11.8. The summed E-state index contributed by atoms with van der Waals surface area (Å²) in [4.78, 5) is 11.6. The number of carbonyl (C=O) groups excluding carboxylic acids is 1. The lowest BCUT2D eigenvalue weighted by Gasteiger charge is -2.19. The third kappa shape index (κ3) is 4.85. The van der Waals surface area contributed by atoms with Crippen molar-refractivity contribution < 1.29 is 19.0 Å². The number of aliphatic hydroxyl groups is 1. The summed E-state index contributed by atoms with van der Waals surface area (Å²) < 4.78 is 19.0. The van der Waals surface area contributed by atoms with Gasteiger partial charge in [-0.2, -0.15) is 0 Å². The Morgan fingerprint density at radius 2 is 2.05 bits per heavy atom. The Morgan fingerprint density at radius 1 is 1.45 bits per heavy atom. The molecule has 0 aromatic heterocycles. The lowest BCUT2D eigenvalue weighted by atomic mass is 10.1. The molecule has 1 N–H and O–H groups in total. The molecular formula is C15H18ClFO3. The van der Waals surface area contributed by atoms with Gasteiger partial charge in [0.1, 0.15) is 17.2 Å². The number of carbonyl (C=O) groups is 1. The third-order valence-electron chi connectivity index (χ3n) is 2.47. The summed E-state index contributed by atoms with van der Waals surface area (Å²) in [6, 6.07) is 2.49. The van der Waals surface area contributed by atoms with Crippen LogP contribution in [0.3, 0.4) is 0 Å². The zero-order valence-corrected chi connectivity index (χ0v) is 12.6. The van der Waals surface area contributed by atoms with Crippen LogP contribution in [0.1, 0.15) is 38.3 Å². The second-order valence-corrected chi connectivity index (χ2v) is 5.86. The van der Waals surface area contributed by atoms with E-state index in [9.17, 15) is 14.3 Å². The molecule has 0 saturated carbocycles. The average Bonchev–Trinajstić information content (AvgIpc) is 2.27. The number of rotatable bonds is 4. The second-order valence-electron chi connectivity index (χ2n) is 5.46. The predicted molar refractivity (Wildman–Crippen MR) is 77.2 cm³/mol. The molecule has 0 heterocycles. The van der Waals surface area contributed by atoms with Crippen molar-refractivity contribution in [2.75, 3.05) is 0 Å². The van der Waals surface area contributed by atoms with Gasteiger partial charge in [-0.1, -0.05) is 18.2 Å². The van der Waals surface area contributed by atoms with Gasteiger partial charge in [-0.05, 0) is 44.9 Å². The highest BCUT2D eigenvalue weighted by molar-refractivity contribution is 6.32. The van der Waals surface area contributed by atoms with Crippen LogP contribution in [-0.2, 0) is 16.0 Å². The lowest BCUT2D eigenvalue weighted by Crippen LogP contribution is -2.24. The molecule has 0 bridgehead atoms. The quantitative estimate of drug-likeness (QED) is 0.667. The molecule has 0 aliphatic heterocycles. The molecule has 0 spiro atoms. The van der Waals surface area contributed by atoms with Crippen LogP contribution in [0.5, 0.6) is 0 Å². The van der Waals surface area contributed by atoms with E-state index in [4.69, 9.17) is 16.3 Å². The highest BCUT2D eigenvalue weighted by atomic mass is 35.5. The Bertz CT molecular complexity index is 533. The number of halogens is 2. The normalized spacial score (nSPS) is 11.2. The van der Waals surface area contributed by atoms with Crippen molar-refractivity contribution in [3.8, 4) is 0 Å². The minimum absolute atomic E-state index is 0.0595. The van der Waals surface area contributed by atoms with Crippen molar-refractivity contribution in [2.45, 2.75) is 39.2 Å². The van der Waals surface area contributed by atoms with Crippen LogP contribution >= 0.6 is 11.6 Å². The van der Waals surface area contributed by atoms with Gasteiger partial charge in [-0.3, -0.25) is 4.79 Å². The maximum atomic E-state index is 13.8. The maximum Gasteiger partial charge on any atom is 0.306 e. The van der Waals surface area contributed by atoms with Crippen LogP contribution in [0.2, 0.25) is 5.02 Å². The number of hydrogen-bond acceptors (Lipinski definition) is 3. The molecule has 0 unspecified atom stereocenters. The van der Waals surface area contributed by atoms with Crippen molar-refractivity contribution in [2.24, 2.45) is 0 Å². The van der Waals surface area contributed by atoms with Gasteiger partial charge in [0.2, 0.25) is 0 Å². The number of ether oxygens (including phenoxy) is 1. The molecule has 0 aliphatic rings. The van der Waals surface area contributed by atoms with Crippen molar-refractivity contribution in [3.05, 3.63) is 40.7 Å². The van der Waals surface area contributed by atoms with Gasteiger partial charge >= 0.3 is 5.97 Å². The molecule has 1 aromatic rings. The highest BCUT2D eigenvalue weighted by Gasteiger charge is 2.17. The van der Waals surface area contributed by atoms with E-state index in [1.165, 1.54) is 6.07 Å². The minimum Gasteiger partial charge on any atom is -0.508 e. The Hall–Kier alpha value is -1.55. The Kier molecular flexibility index (Phi) is 5.17. The molecule has 0 atom stereocenters. The predicted octanol–water partition coefficient (Wildman–Crippen LogP) is 4.28. The molecule has 0 aliphatic carbocycles. The van der Waals surface area contributed by atoms with Crippen LogP contribution < -0.4 is 0 Å². The van der Waals surface area contributed by atoms with Gasteiger partial charge in [0.15, 0.2) is 0 Å². The summed E-state index contributed by atoms with van der Waals surface area (Å²) in [6.45, 7) is 8.61. The fourth-order valence-corrected chi connectivity index (χ4v) is 1.93. The Morgan fingerprint density at radius 3 is 2.55 bits per heavy atom. The topological polar surface area (TPSA) is 46.5 Å². The van der Waals surface area contributed by atoms with E-state index in [0.29, 0.717) is 5.56 Å². The fraction of sp³-hybridized carbons (Fsp3) is 0.400. The van der Waals surface area contributed by atoms with Crippen LogP contribution in [0, 0.1) is 5.82 Å². The Balaban J connectivity index is 2.77. The minimum atomic E-state index is -0.564. The monoisotopic (exact) mass is 300 g/mol. The van der Waals surface area contributed by atoms with E-state index in [1.54, 1.807) is 20.8 Å². The molecule has 3 nitrogen and oxygen atoms in total. The van der Waals surface area contributed by atoms with Crippen molar-refractivity contribution in [3.63, 3.8) is 0 Å². The molecule has 1 rings (SSSR count). The smallest absolute Gasteiger partial charge is 0.306 e. The molecule has 20 heavy (non-hydrogen) atoms. The summed E-state index contributed by atoms with van der Waals surface area (Å²) in [5.41, 5.74) is -0.123. The molecule has 0 saturated heterocycles. The molecule has 5 heteroatoms. The first-order valence-corrected chi connectivity index (χ1v) is 6.56. The van der Waals surface area contributed by atoms with Crippen molar-refractivity contribution in [1.29, 1.82) is 0 Å². The van der Waals surface area contributed by atoms with E-state index in [2.05, 4.69) is 6.58 Å². The first kappa shape index (κ1) is 16.5. The highest BCUT2D eigenvalue weighted by Crippen LogP contribution is 2.26. The standard InChI is InChI=1S/C15H18ClFO3/c1-9(18)11-8-13(17)10(7-12(11)16)5-6-14(19)20-15(2,3)4/h7-8,18H,1,5-6H2,2-4H3. The van der Waals surface area contributed by atoms with Gasteiger partial charge < -0.3 is 9.84 Å². The number of esters is 1. The van der Waals surface area contributed by atoms with E-state index >= 15 is 0 Å². The fourth-order valence-electron chi connectivity index (χ4n) is 1.63. The zero-order chi connectivity index (χ0) is 15.5. The first-order chi connectivity index (χ1) is 9.10. The second kappa shape index (κ2) is 6.27. The lowest BCUT2D eigenvalue weighted by molar-refractivity contribution is -0.154. The number of aryl methyl sites for hydroxylation is 1. The third-order valence-corrected chi connectivity index (χ3v) is 2.78. The van der Waals surface area contributed by atoms with E-state index < -0.39 is 17.4 Å². The van der Waals surface area contributed by atoms with Gasteiger partial charge in [0, 0.05) is 12.0 Å². The average molecular weight is 301 g/mol. The van der Waals surface area contributed by atoms with Crippen molar-refractivity contribution >= 4 is 23.3 Å². The van der Waals surface area contributed by atoms with Gasteiger partial charge in [-0.25, -0.2) is 4.39 Å². The molecule has 0 amide bonds. The molecule has 1 aromatic carbocycles. The van der Waals surface area contributed by atoms with E-state index in [-0.39, 0.29) is 29.2 Å². The molecule has 0 radical (unpaired) electrons. The summed E-state index contributed by atoms with van der Waals surface area (Å²) in [5, 5.41) is 9.44. The van der Waals surface area contributed by atoms with E-state index in [0.717, 1.165) is 6.07 Å². The molecule has 110 valence electrons. The van der Waals surface area contributed by atoms with Gasteiger partial charge in [0.25, 0.3) is 0 Å². The van der Waals surface area contributed by atoms with Crippen LogP contribution in [0.15, 0.2) is 18.7 Å². The largest absolute Gasteiger partial charge is 0.508 e. The SMILES string of the molecule is C=C(O)c1cc(F)c(CCC(=O)OC(C)(C)C)cc1Cl.